The van der Waals surface area contributed by atoms with E-state index in [4.69, 9.17) is 4.18 Å². The normalized spacial score (nSPS) is 11.7. The van der Waals surface area contributed by atoms with Gasteiger partial charge in [-0.15, -0.1) is 0 Å². The van der Waals surface area contributed by atoms with E-state index in [0.717, 1.165) is 23.6 Å². The van der Waals surface area contributed by atoms with Crippen LogP contribution in [0.4, 0.5) is 0 Å². The molecule has 0 saturated carbocycles. The van der Waals surface area contributed by atoms with Crippen LogP contribution in [0.25, 0.3) is 0 Å². The molecular weight excluding hydrogens is 540 g/mol. The molecule has 0 radical (unpaired) electrons. The molecule has 156 valence electrons. The summed E-state index contributed by atoms with van der Waals surface area (Å²) in [5.41, 5.74) is 0.129. The maximum Gasteiger partial charge on any atom is 0.353 e. The minimum absolute atomic E-state index is 0.111. The van der Waals surface area contributed by atoms with Crippen LogP contribution in [0.2, 0.25) is 0 Å². The SMILES string of the molecule is O=C(OS(c1ccccc1)(c1ccc(Br)cc1)c1ccc(Br)cc1)c1ccccc1O. The molecule has 4 rings (SSSR count). The van der Waals surface area contributed by atoms with Crippen LogP contribution in [0.1, 0.15) is 10.4 Å². The predicted molar refractivity (Wildman–Crippen MR) is 131 cm³/mol. The molecule has 0 atom stereocenters. The minimum Gasteiger partial charge on any atom is -0.507 e. The van der Waals surface area contributed by atoms with Gasteiger partial charge in [-0.2, -0.15) is 0 Å². The maximum absolute atomic E-state index is 13.4. The molecule has 4 aromatic carbocycles. The lowest BCUT2D eigenvalue weighted by Crippen LogP contribution is -2.14. The third kappa shape index (κ3) is 4.42. The molecule has 0 aliphatic carbocycles. The van der Waals surface area contributed by atoms with Gasteiger partial charge in [0, 0.05) is 23.6 Å². The summed E-state index contributed by atoms with van der Waals surface area (Å²) >= 11 is 6.99. The van der Waals surface area contributed by atoms with Gasteiger partial charge in [-0.1, -0.05) is 62.2 Å². The molecule has 0 aliphatic heterocycles. The summed E-state index contributed by atoms with van der Waals surface area (Å²) in [6.07, 6.45) is 0. The molecule has 0 unspecified atom stereocenters. The molecule has 0 aromatic heterocycles. The van der Waals surface area contributed by atoms with Gasteiger partial charge in [-0.25, -0.2) is 4.79 Å². The Morgan fingerprint density at radius 2 is 1.10 bits per heavy atom. The average Bonchev–Trinajstić information content (AvgIpc) is 2.79. The number of benzene rings is 4. The van der Waals surface area contributed by atoms with Gasteiger partial charge in [-0.05, 0) is 83.1 Å². The predicted octanol–water partition coefficient (Wildman–Crippen LogP) is 7.97. The van der Waals surface area contributed by atoms with Crippen LogP contribution in [-0.2, 0) is 4.18 Å². The average molecular weight is 558 g/mol. The highest BCUT2D eigenvalue weighted by molar-refractivity contribution is 9.10. The first-order valence-corrected chi connectivity index (χ1v) is 12.6. The van der Waals surface area contributed by atoms with E-state index in [1.165, 1.54) is 6.07 Å². The molecule has 0 heterocycles. The van der Waals surface area contributed by atoms with Crippen LogP contribution in [0.15, 0.2) is 127 Å². The summed E-state index contributed by atoms with van der Waals surface area (Å²) in [6.45, 7) is 0. The number of carbonyl (C=O) groups excluding carboxylic acids is 1. The highest BCUT2D eigenvalue weighted by atomic mass is 79.9. The molecule has 0 amide bonds. The molecule has 4 aromatic rings. The number of para-hydroxylation sites is 1. The molecule has 0 fully saturated rings. The van der Waals surface area contributed by atoms with E-state index in [1.54, 1.807) is 18.2 Å². The number of phenolic OH excluding ortho intramolecular Hbond substituents is 1. The second-order valence-corrected chi connectivity index (χ2v) is 11.2. The Morgan fingerprint density at radius 3 is 1.61 bits per heavy atom. The standard InChI is InChI=1S/C25H18Br2O3S/c26-18-10-14-21(15-11-18)31(20-6-2-1-3-7-20,22-16-12-19(27)13-17-22)30-25(29)23-8-4-5-9-24(23)28/h1-17,28H. The Kier molecular flexibility index (Phi) is 6.51. The van der Waals surface area contributed by atoms with E-state index in [9.17, 15) is 9.90 Å². The zero-order chi connectivity index (χ0) is 21.8. The van der Waals surface area contributed by atoms with Gasteiger partial charge in [0.05, 0.1) is 0 Å². The second-order valence-electron chi connectivity index (χ2n) is 6.67. The number of hydrogen-bond acceptors (Lipinski definition) is 3. The van der Waals surface area contributed by atoms with Crippen molar-refractivity contribution in [3.05, 3.63) is 118 Å². The van der Waals surface area contributed by atoms with Crippen LogP contribution in [0.5, 0.6) is 5.75 Å². The summed E-state index contributed by atoms with van der Waals surface area (Å²) < 4.78 is 8.26. The number of rotatable bonds is 5. The molecule has 0 saturated heterocycles. The smallest absolute Gasteiger partial charge is 0.353 e. The van der Waals surface area contributed by atoms with Crippen LogP contribution >= 0.6 is 42.2 Å². The zero-order valence-electron chi connectivity index (χ0n) is 16.2. The molecule has 6 heteroatoms. The van der Waals surface area contributed by atoms with Gasteiger partial charge >= 0.3 is 5.97 Å². The summed E-state index contributed by atoms with van der Waals surface area (Å²) in [7, 11) is -2.43. The Bertz CT molecular complexity index is 1150. The Balaban J connectivity index is 1.97. The largest absolute Gasteiger partial charge is 0.507 e. The first-order chi connectivity index (χ1) is 15.0. The summed E-state index contributed by atoms with van der Waals surface area (Å²) in [6, 6.07) is 31.8. The van der Waals surface area contributed by atoms with Gasteiger partial charge in [-0.3, -0.25) is 0 Å². The van der Waals surface area contributed by atoms with Gasteiger partial charge in [0.1, 0.15) is 11.3 Å². The molecule has 0 aliphatic rings. The number of carbonyl (C=O) groups is 1. The lowest BCUT2D eigenvalue weighted by molar-refractivity contribution is 0.0754. The van der Waals surface area contributed by atoms with Crippen LogP contribution in [-0.4, -0.2) is 11.1 Å². The molecule has 0 bridgehead atoms. The van der Waals surface area contributed by atoms with Gasteiger partial charge in [0.25, 0.3) is 0 Å². The van der Waals surface area contributed by atoms with E-state index in [0.29, 0.717) is 0 Å². The summed E-state index contributed by atoms with van der Waals surface area (Å²) in [4.78, 5) is 16.0. The van der Waals surface area contributed by atoms with Crippen molar-refractivity contribution in [2.75, 3.05) is 0 Å². The Hall–Kier alpha value is -2.54. The van der Waals surface area contributed by atoms with E-state index in [-0.39, 0.29) is 11.3 Å². The third-order valence-electron chi connectivity index (χ3n) is 4.69. The number of hydrogen-bond donors (Lipinski definition) is 1. The third-order valence-corrected chi connectivity index (χ3v) is 8.96. The maximum atomic E-state index is 13.4. The quantitative estimate of drug-likeness (QED) is 0.270. The van der Waals surface area contributed by atoms with Gasteiger partial charge in [0.2, 0.25) is 0 Å². The minimum atomic E-state index is -2.43. The lowest BCUT2D eigenvalue weighted by atomic mass is 10.2. The second kappa shape index (κ2) is 9.30. The topological polar surface area (TPSA) is 46.5 Å². The highest BCUT2D eigenvalue weighted by Crippen LogP contribution is 2.69. The van der Waals surface area contributed by atoms with Crippen molar-refractivity contribution < 1.29 is 14.1 Å². The van der Waals surface area contributed by atoms with Crippen molar-refractivity contribution in [1.82, 2.24) is 0 Å². The van der Waals surface area contributed by atoms with Crippen LogP contribution in [0.3, 0.4) is 0 Å². The van der Waals surface area contributed by atoms with Crippen molar-refractivity contribution in [2.24, 2.45) is 0 Å². The van der Waals surface area contributed by atoms with E-state index < -0.39 is 16.3 Å². The number of aromatic hydroxyl groups is 1. The number of halogens is 2. The van der Waals surface area contributed by atoms with Gasteiger partial charge < -0.3 is 9.29 Å². The summed E-state index contributed by atoms with van der Waals surface area (Å²) in [5, 5.41) is 10.3. The Morgan fingerprint density at radius 1 is 0.645 bits per heavy atom. The van der Waals surface area contributed by atoms with Crippen LogP contribution < -0.4 is 0 Å². The van der Waals surface area contributed by atoms with E-state index >= 15 is 0 Å². The lowest BCUT2D eigenvalue weighted by Gasteiger charge is -2.39. The Labute approximate surface area is 199 Å². The monoisotopic (exact) mass is 556 g/mol. The molecule has 3 nitrogen and oxygen atoms in total. The van der Waals surface area contributed by atoms with Crippen molar-refractivity contribution in [2.45, 2.75) is 14.7 Å². The van der Waals surface area contributed by atoms with Crippen molar-refractivity contribution in [1.29, 1.82) is 0 Å². The number of phenols is 1. The van der Waals surface area contributed by atoms with Crippen molar-refractivity contribution in [3.8, 4) is 5.75 Å². The molecule has 1 N–H and O–H groups in total. The van der Waals surface area contributed by atoms with Gasteiger partial charge in [0.15, 0.2) is 0 Å². The fraction of sp³-hybridized carbons (Fsp3) is 0. The summed E-state index contributed by atoms with van der Waals surface area (Å²) in [5.74, 6) is -0.691. The van der Waals surface area contributed by atoms with E-state index in [1.807, 2.05) is 78.9 Å². The highest BCUT2D eigenvalue weighted by Gasteiger charge is 2.36. The first-order valence-electron chi connectivity index (χ1n) is 9.42. The molecule has 31 heavy (non-hydrogen) atoms. The van der Waals surface area contributed by atoms with Crippen LogP contribution in [0, 0.1) is 0 Å². The molecule has 0 spiro atoms. The molecular formula is C25H18Br2O3S. The first kappa shape index (κ1) is 21.7. The zero-order valence-corrected chi connectivity index (χ0v) is 20.2. The van der Waals surface area contributed by atoms with Crippen molar-refractivity contribution in [3.63, 3.8) is 0 Å². The fourth-order valence-corrected chi connectivity index (χ4v) is 6.75. The van der Waals surface area contributed by atoms with E-state index in [2.05, 4.69) is 31.9 Å². The van der Waals surface area contributed by atoms with Crippen molar-refractivity contribution >= 4 is 48.1 Å². The fourth-order valence-electron chi connectivity index (χ4n) is 3.22.